The maximum atomic E-state index is 10.9. The number of non-ortho nitro benzene ring substituents is 1. The lowest BCUT2D eigenvalue weighted by Gasteiger charge is -2.18. The van der Waals surface area contributed by atoms with Crippen LogP contribution in [-0.2, 0) is 6.54 Å². The van der Waals surface area contributed by atoms with Crippen LogP contribution in [0.2, 0.25) is 0 Å². The lowest BCUT2D eigenvalue weighted by atomic mass is 10.0. The van der Waals surface area contributed by atoms with Gasteiger partial charge in [-0.05, 0) is 25.0 Å². The number of phenols is 1. The van der Waals surface area contributed by atoms with E-state index in [1.807, 2.05) is 24.3 Å². The van der Waals surface area contributed by atoms with E-state index in [9.17, 15) is 15.2 Å². The number of phenolic OH excluding ortho intramolecular Hbond substituents is 1. The predicted octanol–water partition coefficient (Wildman–Crippen LogP) is 3.30. The highest BCUT2D eigenvalue weighted by Gasteiger charge is 2.19. The van der Waals surface area contributed by atoms with E-state index in [0.29, 0.717) is 18.7 Å². The van der Waals surface area contributed by atoms with Crippen LogP contribution in [0, 0.1) is 10.1 Å². The highest BCUT2D eigenvalue weighted by Crippen LogP contribution is 2.32. The Morgan fingerprint density at radius 3 is 2.96 bits per heavy atom. The first-order valence-electron chi connectivity index (χ1n) is 7.56. The van der Waals surface area contributed by atoms with Gasteiger partial charge < -0.3 is 15.2 Å². The predicted molar refractivity (Wildman–Crippen MR) is 85.5 cm³/mol. The van der Waals surface area contributed by atoms with Gasteiger partial charge >= 0.3 is 0 Å². The van der Waals surface area contributed by atoms with E-state index in [4.69, 9.17) is 4.74 Å². The molecule has 1 heterocycles. The van der Waals surface area contributed by atoms with Gasteiger partial charge in [0.25, 0.3) is 5.69 Å². The lowest BCUT2D eigenvalue weighted by Crippen LogP contribution is -2.20. The minimum Gasteiger partial charge on any atom is -0.508 e. The second-order valence-corrected chi connectivity index (χ2v) is 5.53. The number of benzene rings is 2. The lowest BCUT2D eigenvalue weighted by molar-refractivity contribution is -0.384. The van der Waals surface area contributed by atoms with E-state index in [0.717, 1.165) is 24.2 Å². The van der Waals surface area contributed by atoms with Crippen LogP contribution in [0.4, 0.5) is 5.69 Å². The van der Waals surface area contributed by atoms with E-state index in [-0.39, 0.29) is 17.5 Å². The van der Waals surface area contributed by atoms with Gasteiger partial charge in [-0.25, -0.2) is 0 Å². The van der Waals surface area contributed by atoms with Crippen LogP contribution in [0.5, 0.6) is 11.5 Å². The van der Waals surface area contributed by atoms with Crippen LogP contribution in [0.3, 0.4) is 0 Å². The van der Waals surface area contributed by atoms with Crippen molar-refractivity contribution in [2.45, 2.75) is 25.4 Å². The highest BCUT2D eigenvalue weighted by atomic mass is 16.6. The molecule has 0 amide bonds. The minimum atomic E-state index is -0.461. The average molecular weight is 314 g/mol. The maximum Gasteiger partial charge on any atom is 0.270 e. The average Bonchev–Trinajstić information content (AvgIpc) is 2.76. The van der Waals surface area contributed by atoms with Crippen molar-refractivity contribution in [3.05, 3.63) is 63.7 Å². The Bertz CT molecular complexity index is 717. The quantitative estimate of drug-likeness (QED) is 0.668. The fourth-order valence-electron chi connectivity index (χ4n) is 2.80. The van der Waals surface area contributed by atoms with Crippen LogP contribution < -0.4 is 10.1 Å². The maximum absolute atomic E-state index is 10.9. The van der Waals surface area contributed by atoms with Crippen molar-refractivity contribution in [1.82, 2.24) is 5.32 Å². The molecule has 0 saturated carbocycles. The summed E-state index contributed by atoms with van der Waals surface area (Å²) in [6.07, 6.45) is 1.83. The third-order valence-corrected chi connectivity index (χ3v) is 4.00. The fourth-order valence-corrected chi connectivity index (χ4v) is 2.80. The molecule has 6 heteroatoms. The Morgan fingerprint density at radius 1 is 1.30 bits per heavy atom. The van der Waals surface area contributed by atoms with Crippen molar-refractivity contribution < 1.29 is 14.8 Å². The zero-order valence-corrected chi connectivity index (χ0v) is 12.6. The molecule has 0 saturated heterocycles. The van der Waals surface area contributed by atoms with Gasteiger partial charge in [-0.1, -0.05) is 18.2 Å². The van der Waals surface area contributed by atoms with Gasteiger partial charge in [0.1, 0.15) is 11.5 Å². The van der Waals surface area contributed by atoms with Crippen LogP contribution in [0.25, 0.3) is 0 Å². The molecule has 0 aromatic heterocycles. The van der Waals surface area contributed by atoms with Crippen LogP contribution in [0.1, 0.15) is 30.0 Å². The molecular formula is C17H18N2O4. The first kappa shape index (κ1) is 15.3. The summed E-state index contributed by atoms with van der Waals surface area (Å²) >= 11 is 0. The summed E-state index contributed by atoms with van der Waals surface area (Å²) < 4.78 is 5.73. The standard InChI is InChI=1S/C17H18N2O4/c20-16-8-7-13(19(21)22)10-12(16)11-18-15-5-3-9-23-17-6-2-1-4-14(15)17/h1-2,4,6-8,10,15,18,20H,3,5,9,11H2/t15-/m1/s1. The molecule has 1 atom stereocenters. The molecule has 0 spiro atoms. The Morgan fingerprint density at radius 2 is 2.13 bits per heavy atom. The molecule has 0 bridgehead atoms. The number of nitrogens with zero attached hydrogens (tertiary/aromatic N) is 1. The Kier molecular flexibility index (Phi) is 4.43. The molecule has 1 aliphatic rings. The molecule has 3 rings (SSSR count). The van der Waals surface area contributed by atoms with Crippen LogP contribution in [0.15, 0.2) is 42.5 Å². The summed E-state index contributed by atoms with van der Waals surface area (Å²) in [5, 5.41) is 24.2. The monoisotopic (exact) mass is 314 g/mol. The number of fused-ring (bicyclic) bond motifs is 1. The van der Waals surface area contributed by atoms with Crippen molar-refractivity contribution >= 4 is 5.69 Å². The molecule has 2 N–H and O–H groups in total. The van der Waals surface area contributed by atoms with Crippen LogP contribution >= 0.6 is 0 Å². The first-order valence-corrected chi connectivity index (χ1v) is 7.56. The summed E-state index contributed by atoms with van der Waals surface area (Å²) in [5.41, 5.74) is 1.57. The topological polar surface area (TPSA) is 84.6 Å². The molecule has 0 fully saturated rings. The summed E-state index contributed by atoms with van der Waals surface area (Å²) in [6, 6.07) is 12.0. The number of hydrogen-bond donors (Lipinski definition) is 2. The second kappa shape index (κ2) is 6.66. The van der Waals surface area contributed by atoms with Gasteiger partial charge in [0.2, 0.25) is 0 Å². The number of nitro groups is 1. The van der Waals surface area contributed by atoms with Gasteiger partial charge in [-0.3, -0.25) is 10.1 Å². The van der Waals surface area contributed by atoms with Crippen LogP contribution in [-0.4, -0.2) is 16.6 Å². The largest absolute Gasteiger partial charge is 0.508 e. The molecule has 0 unspecified atom stereocenters. The SMILES string of the molecule is O=[N+]([O-])c1ccc(O)c(CN[C@@H]2CCCOc3ccccc32)c1. The minimum absolute atomic E-state index is 0.0239. The van der Waals surface area contributed by atoms with E-state index < -0.39 is 4.92 Å². The van der Waals surface area contributed by atoms with Gasteiger partial charge in [0, 0.05) is 35.8 Å². The Labute approximate surface area is 133 Å². The normalized spacial score (nSPS) is 17.0. The molecule has 0 radical (unpaired) electrons. The van der Waals surface area contributed by atoms with Gasteiger partial charge in [0.15, 0.2) is 0 Å². The zero-order chi connectivity index (χ0) is 16.2. The van der Waals surface area contributed by atoms with Crippen molar-refractivity contribution in [2.75, 3.05) is 6.61 Å². The third kappa shape index (κ3) is 3.43. The first-order chi connectivity index (χ1) is 11.1. The summed E-state index contributed by atoms with van der Waals surface area (Å²) in [7, 11) is 0. The number of nitro benzene ring substituents is 1. The molecule has 2 aromatic carbocycles. The Hall–Kier alpha value is -2.60. The molecule has 120 valence electrons. The fraction of sp³-hybridized carbons (Fsp3) is 0.294. The summed E-state index contributed by atoms with van der Waals surface area (Å²) in [5.74, 6) is 0.923. The third-order valence-electron chi connectivity index (χ3n) is 4.00. The molecule has 1 aliphatic heterocycles. The number of para-hydroxylation sites is 1. The smallest absolute Gasteiger partial charge is 0.270 e. The Balaban J connectivity index is 1.78. The number of rotatable bonds is 4. The zero-order valence-electron chi connectivity index (χ0n) is 12.6. The van der Waals surface area contributed by atoms with Gasteiger partial charge in [-0.2, -0.15) is 0 Å². The number of nitrogens with one attached hydrogen (secondary N) is 1. The molecular weight excluding hydrogens is 296 g/mol. The molecule has 2 aromatic rings. The van der Waals surface area contributed by atoms with E-state index in [1.54, 1.807) is 0 Å². The summed E-state index contributed by atoms with van der Waals surface area (Å²) in [4.78, 5) is 10.4. The molecule has 6 nitrogen and oxygen atoms in total. The van der Waals surface area contributed by atoms with Crippen molar-refractivity contribution in [2.24, 2.45) is 0 Å². The van der Waals surface area contributed by atoms with Gasteiger partial charge in [-0.15, -0.1) is 0 Å². The number of ether oxygens (including phenoxy) is 1. The van der Waals surface area contributed by atoms with Gasteiger partial charge in [0.05, 0.1) is 11.5 Å². The van der Waals surface area contributed by atoms with E-state index in [2.05, 4.69) is 5.32 Å². The second-order valence-electron chi connectivity index (χ2n) is 5.53. The molecule has 0 aliphatic carbocycles. The number of hydrogen-bond acceptors (Lipinski definition) is 5. The van der Waals surface area contributed by atoms with Crippen molar-refractivity contribution in [3.63, 3.8) is 0 Å². The molecule has 23 heavy (non-hydrogen) atoms. The van der Waals surface area contributed by atoms with Crippen molar-refractivity contribution in [1.29, 1.82) is 0 Å². The van der Waals surface area contributed by atoms with E-state index in [1.165, 1.54) is 18.2 Å². The van der Waals surface area contributed by atoms with E-state index >= 15 is 0 Å². The number of aromatic hydroxyl groups is 1. The highest BCUT2D eigenvalue weighted by molar-refractivity contribution is 5.43. The van der Waals surface area contributed by atoms with Crippen molar-refractivity contribution in [3.8, 4) is 11.5 Å². The summed E-state index contributed by atoms with van der Waals surface area (Å²) in [6.45, 7) is 1.03.